The number of rotatable bonds is 6. The molecule has 0 aliphatic heterocycles. The van der Waals surface area contributed by atoms with Crippen LogP contribution in [0.5, 0.6) is 5.75 Å². The molecule has 4 nitrogen and oxygen atoms in total. The molecule has 20 heavy (non-hydrogen) atoms. The lowest BCUT2D eigenvalue weighted by Gasteiger charge is -2.19. The predicted molar refractivity (Wildman–Crippen MR) is 83.3 cm³/mol. The molecule has 0 radical (unpaired) electrons. The minimum atomic E-state index is -0.198. The fourth-order valence-electron chi connectivity index (χ4n) is 1.95. The van der Waals surface area contributed by atoms with Gasteiger partial charge in [0, 0.05) is 16.2 Å². The van der Waals surface area contributed by atoms with Crippen molar-refractivity contribution in [2.75, 3.05) is 6.61 Å². The number of benzene rings is 1. The van der Waals surface area contributed by atoms with Gasteiger partial charge in [-0.3, -0.25) is 10.8 Å². The predicted octanol–water partition coefficient (Wildman–Crippen LogP) is 3.19. The van der Waals surface area contributed by atoms with Crippen LogP contribution in [0.15, 0.2) is 47.1 Å². The molecule has 3 N–H and O–H groups in total. The lowest BCUT2D eigenvalue weighted by molar-refractivity contribution is 0.311. The highest BCUT2D eigenvalue weighted by Gasteiger charge is 2.17. The van der Waals surface area contributed by atoms with Gasteiger partial charge >= 0.3 is 0 Å². The number of hydrazine groups is 1. The number of hydrogen-bond donors (Lipinski definition) is 2. The number of hydrogen-bond acceptors (Lipinski definition) is 4. The molecule has 1 heterocycles. The van der Waals surface area contributed by atoms with Crippen LogP contribution in [-0.4, -0.2) is 11.6 Å². The van der Waals surface area contributed by atoms with Crippen LogP contribution in [0, 0.1) is 0 Å². The minimum absolute atomic E-state index is 0.198. The summed E-state index contributed by atoms with van der Waals surface area (Å²) < 4.78 is 6.72. The van der Waals surface area contributed by atoms with Gasteiger partial charge in [0.25, 0.3) is 0 Å². The van der Waals surface area contributed by atoms with Gasteiger partial charge in [0.05, 0.1) is 18.3 Å². The van der Waals surface area contributed by atoms with Crippen molar-refractivity contribution in [3.63, 3.8) is 0 Å². The molecule has 1 aromatic heterocycles. The molecule has 0 aliphatic rings. The molecule has 0 saturated heterocycles. The van der Waals surface area contributed by atoms with Crippen molar-refractivity contribution >= 4 is 15.9 Å². The maximum atomic E-state index is 5.78. The van der Waals surface area contributed by atoms with Crippen LogP contribution in [-0.2, 0) is 0 Å². The first-order valence-electron chi connectivity index (χ1n) is 6.55. The Morgan fingerprint density at radius 1 is 1.30 bits per heavy atom. The van der Waals surface area contributed by atoms with E-state index < -0.39 is 0 Å². The molecular weight excluding hydrogens is 318 g/mol. The third kappa shape index (κ3) is 3.56. The second kappa shape index (κ2) is 7.38. The summed E-state index contributed by atoms with van der Waals surface area (Å²) in [6.07, 6.45) is 2.72. The van der Waals surface area contributed by atoms with Gasteiger partial charge in [-0.25, -0.2) is 5.43 Å². The van der Waals surface area contributed by atoms with Gasteiger partial charge in [0.1, 0.15) is 5.75 Å². The maximum absolute atomic E-state index is 5.78. The summed E-state index contributed by atoms with van der Waals surface area (Å²) in [6.45, 7) is 2.76. The van der Waals surface area contributed by atoms with Gasteiger partial charge in [-0.15, -0.1) is 0 Å². The first kappa shape index (κ1) is 15.0. The molecule has 106 valence electrons. The molecule has 2 aromatic rings. The standard InChI is InChI=1S/C15H18BrN3O/c1-2-9-20-14-6-4-3-5-12(14)15(19-17)13-8-7-11(16)10-18-13/h3-8,10,15,19H,2,9,17H2,1H3. The van der Waals surface area contributed by atoms with E-state index in [4.69, 9.17) is 10.6 Å². The van der Waals surface area contributed by atoms with Crippen LogP contribution in [0.25, 0.3) is 0 Å². The largest absolute Gasteiger partial charge is 0.493 e. The monoisotopic (exact) mass is 335 g/mol. The molecule has 0 spiro atoms. The lowest BCUT2D eigenvalue weighted by Crippen LogP contribution is -2.29. The second-order valence-electron chi connectivity index (χ2n) is 4.39. The summed E-state index contributed by atoms with van der Waals surface area (Å²) in [5.41, 5.74) is 4.65. The molecule has 5 heteroatoms. The van der Waals surface area contributed by atoms with Gasteiger partial charge in [-0.1, -0.05) is 25.1 Å². The highest BCUT2D eigenvalue weighted by molar-refractivity contribution is 9.10. The van der Waals surface area contributed by atoms with E-state index in [1.165, 1.54) is 0 Å². The maximum Gasteiger partial charge on any atom is 0.124 e. The summed E-state index contributed by atoms with van der Waals surface area (Å²) in [6, 6.07) is 11.6. The molecule has 0 fully saturated rings. The van der Waals surface area contributed by atoms with Crippen LogP contribution >= 0.6 is 15.9 Å². The fourth-order valence-corrected chi connectivity index (χ4v) is 2.19. The zero-order valence-electron chi connectivity index (χ0n) is 11.3. The molecule has 1 unspecified atom stereocenters. The van der Waals surface area contributed by atoms with Gasteiger partial charge in [-0.2, -0.15) is 0 Å². The van der Waals surface area contributed by atoms with Crippen molar-refractivity contribution in [3.05, 3.63) is 58.3 Å². The average Bonchev–Trinajstić information content (AvgIpc) is 2.49. The second-order valence-corrected chi connectivity index (χ2v) is 5.30. The van der Waals surface area contributed by atoms with E-state index in [0.717, 1.165) is 27.9 Å². The first-order chi connectivity index (χ1) is 9.76. The number of nitrogens with one attached hydrogen (secondary N) is 1. The number of halogens is 1. The van der Waals surface area contributed by atoms with Crippen molar-refractivity contribution in [3.8, 4) is 5.75 Å². The zero-order chi connectivity index (χ0) is 14.4. The van der Waals surface area contributed by atoms with E-state index in [1.807, 2.05) is 36.4 Å². The van der Waals surface area contributed by atoms with Crippen LogP contribution in [0.2, 0.25) is 0 Å². The number of aromatic nitrogens is 1. The third-order valence-corrected chi connectivity index (χ3v) is 3.37. The molecule has 0 bridgehead atoms. The molecule has 1 aromatic carbocycles. The van der Waals surface area contributed by atoms with Crippen molar-refractivity contribution in [1.82, 2.24) is 10.4 Å². The minimum Gasteiger partial charge on any atom is -0.493 e. The van der Waals surface area contributed by atoms with Gasteiger partial charge in [0.2, 0.25) is 0 Å². The molecule has 2 rings (SSSR count). The number of pyridine rings is 1. The third-order valence-electron chi connectivity index (χ3n) is 2.90. The quantitative estimate of drug-likeness (QED) is 0.628. The Morgan fingerprint density at radius 3 is 2.75 bits per heavy atom. The number of nitrogens with two attached hydrogens (primary N) is 1. The van der Waals surface area contributed by atoms with E-state index in [2.05, 4.69) is 33.3 Å². The van der Waals surface area contributed by atoms with E-state index in [1.54, 1.807) is 6.20 Å². The molecule has 1 atom stereocenters. The van der Waals surface area contributed by atoms with Crippen LogP contribution in [0.3, 0.4) is 0 Å². The highest BCUT2D eigenvalue weighted by Crippen LogP contribution is 2.29. The molecule has 0 aliphatic carbocycles. The summed E-state index contributed by atoms with van der Waals surface area (Å²) in [4.78, 5) is 4.40. The average molecular weight is 336 g/mol. The Kier molecular flexibility index (Phi) is 5.52. The first-order valence-corrected chi connectivity index (χ1v) is 7.35. The van der Waals surface area contributed by atoms with E-state index >= 15 is 0 Å². The number of ether oxygens (including phenoxy) is 1. The van der Waals surface area contributed by atoms with Gasteiger partial charge in [-0.05, 0) is 40.5 Å². The fraction of sp³-hybridized carbons (Fsp3) is 0.267. The Hall–Kier alpha value is -1.43. The van der Waals surface area contributed by atoms with Crippen LogP contribution in [0.1, 0.15) is 30.6 Å². The zero-order valence-corrected chi connectivity index (χ0v) is 12.9. The number of nitrogens with zero attached hydrogens (tertiary/aromatic N) is 1. The van der Waals surface area contributed by atoms with E-state index in [0.29, 0.717) is 6.61 Å². The van der Waals surface area contributed by atoms with Crippen LogP contribution in [0.4, 0.5) is 0 Å². The number of para-hydroxylation sites is 1. The summed E-state index contributed by atoms with van der Waals surface area (Å²) in [7, 11) is 0. The summed E-state index contributed by atoms with van der Waals surface area (Å²) >= 11 is 3.38. The molecule has 0 amide bonds. The Morgan fingerprint density at radius 2 is 2.10 bits per heavy atom. The normalized spacial score (nSPS) is 12.2. The van der Waals surface area contributed by atoms with Crippen LogP contribution < -0.4 is 16.0 Å². The summed E-state index contributed by atoms with van der Waals surface area (Å²) in [5.74, 6) is 6.55. The lowest BCUT2D eigenvalue weighted by atomic mass is 10.0. The Labute approximate surface area is 127 Å². The van der Waals surface area contributed by atoms with E-state index in [9.17, 15) is 0 Å². The van der Waals surface area contributed by atoms with Crippen molar-refractivity contribution in [2.24, 2.45) is 5.84 Å². The summed E-state index contributed by atoms with van der Waals surface area (Å²) in [5, 5.41) is 0. The van der Waals surface area contributed by atoms with Crippen molar-refractivity contribution < 1.29 is 4.74 Å². The Bertz CT molecular complexity index is 545. The van der Waals surface area contributed by atoms with Gasteiger partial charge in [0.15, 0.2) is 0 Å². The van der Waals surface area contributed by atoms with E-state index in [-0.39, 0.29) is 6.04 Å². The topological polar surface area (TPSA) is 60.2 Å². The smallest absolute Gasteiger partial charge is 0.124 e. The molecular formula is C15H18BrN3O. The Balaban J connectivity index is 2.33. The van der Waals surface area contributed by atoms with Gasteiger partial charge < -0.3 is 4.74 Å². The molecule has 0 saturated carbocycles. The van der Waals surface area contributed by atoms with Crippen molar-refractivity contribution in [1.29, 1.82) is 0 Å². The van der Waals surface area contributed by atoms with Crippen molar-refractivity contribution in [2.45, 2.75) is 19.4 Å². The highest BCUT2D eigenvalue weighted by atomic mass is 79.9. The SMILES string of the molecule is CCCOc1ccccc1C(NN)c1ccc(Br)cn1.